The molecule has 6 heteroatoms. The summed E-state index contributed by atoms with van der Waals surface area (Å²) < 4.78 is 0.934. The molecule has 0 aliphatic carbocycles. The van der Waals surface area contributed by atoms with Gasteiger partial charge >= 0.3 is 0 Å². The Morgan fingerprint density at radius 1 is 1.11 bits per heavy atom. The van der Waals surface area contributed by atoms with Gasteiger partial charge in [0.1, 0.15) is 0 Å². The maximum Gasteiger partial charge on any atom is 0.255 e. The smallest absolute Gasteiger partial charge is 0.255 e. The van der Waals surface area contributed by atoms with E-state index in [9.17, 15) is 4.79 Å². The van der Waals surface area contributed by atoms with Crippen molar-refractivity contribution in [1.82, 2.24) is 0 Å². The lowest BCUT2D eigenvalue weighted by Crippen LogP contribution is -2.12. The van der Waals surface area contributed by atoms with Gasteiger partial charge in [-0.05, 0) is 36.4 Å². The molecule has 0 spiro atoms. The summed E-state index contributed by atoms with van der Waals surface area (Å²) in [6.45, 7) is 0. The van der Waals surface area contributed by atoms with Gasteiger partial charge in [0.25, 0.3) is 5.91 Å². The lowest BCUT2D eigenvalue weighted by Gasteiger charge is -2.08. The molecule has 0 aliphatic heterocycles. The summed E-state index contributed by atoms with van der Waals surface area (Å²) in [7, 11) is 0. The predicted molar refractivity (Wildman–Crippen MR) is 83.0 cm³/mol. The highest BCUT2D eigenvalue weighted by Crippen LogP contribution is 2.29. The highest BCUT2D eigenvalue weighted by molar-refractivity contribution is 9.10. The van der Waals surface area contributed by atoms with E-state index in [1.54, 1.807) is 12.1 Å². The largest absolute Gasteiger partial charge is 0.396 e. The maximum absolute atomic E-state index is 12.0. The molecule has 0 heterocycles. The van der Waals surface area contributed by atoms with Crippen LogP contribution in [0.4, 0.5) is 11.4 Å². The minimum atomic E-state index is -0.300. The van der Waals surface area contributed by atoms with Crippen LogP contribution in [0.15, 0.2) is 40.9 Å². The molecule has 98 valence electrons. The van der Waals surface area contributed by atoms with Crippen molar-refractivity contribution in [1.29, 1.82) is 0 Å². The second-order valence-corrected chi connectivity index (χ2v) is 5.54. The summed E-state index contributed by atoms with van der Waals surface area (Å²) in [5.74, 6) is -0.300. The first kappa shape index (κ1) is 14.2. The number of hydrogen-bond acceptors (Lipinski definition) is 2. The zero-order valence-corrected chi connectivity index (χ0v) is 12.7. The van der Waals surface area contributed by atoms with Crippen molar-refractivity contribution in [3.63, 3.8) is 0 Å². The third-order valence-corrected chi connectivity index (χ3v) is 3.60. The minimum absolute atomic E-state index is 0.258. The van der Waals surface area contributed by atoms with E-state index >= 15 is 0 Å². The second kappa shape index (κ2) is 5.82. The zero-order chi connectivity index (χ0) is 14.0. The second-order valence-electron chi connectivity index (χ2n) is 3.81. The van der Waals surface area contributed by atoms with Crippen LogP contribution in [0.25, 0.3) is 0 Å². The fourth-order valence-corrected chi connectivity index (χ4v) is 2.20. The van der Waals surface area contributed by atoms with Crippen LogP contribution in [0.3, 0.4) is 0 Å². The average molecular weight is 360 g/mol. The van der Waals surface area contributed by atoms with Gasteiger partial charge in [-0.3, -0.25) is 4.79 Å². The average Bonchev–Trinajstić information content (AvgIpc) is 2.38. The Kier molecular flexibility index (Phi) is 4.34. The van der Waals surface area contributed by atoms with Crippen molar-refractivity contribution in [3.05, 3.63) is 56.5 Å². The third kappa shape index (κ3) is 3.41. The number of hydrogen-bond donors (Lipinski definition) is 2. The van der Waals surface area contributed by atoms with E-state index in [1.807, 2.05) is 12.1 Å². The van der Waals surface area contributed by atoms with Gasteiger partial charge in [0.15, 0.2) is 0 Å². The van der Waals surface area contributed by atoms with E-state index in [2.05, 4.69) is 21.2 Å². The summed E-state index contributed by atoms with van der Waals surface area (Å²) in [4.78, 5) is 12.0. The summed E-state index contributed by atoms with van der Waals surface area (Å²) in [5, 5.41) is 3.26. The van der Waals surface area contributed by atoms with E-state index in [0.29, 0.717) is 11.3 Å². The number of nitrogens with one attached hydrogen (secondary N) is 1. The molecule has 0 radical (unpaired) electrons. The molecule has 19 heavy (non-hydrogen) atoms. The van der Waals surface area contributed by atoms with E-state index in [1.165, 1.54) is 12.1 Å². The van der Waals surface area contributed by atoms with Crippen LogP contribution in [0, 0.1) is 0 Å². The van der Waals surface area contributed by atoms with Gasteiger partial charge in [0, 0.05) is 15.7 Å². The van der Waals surface area contributed by atoms with Crippen LogP contribution in [-0.2, 0) is 0 Å². The Bertz CT molecular complexity index is 606. The van der Waals surface area contributed by atoms with Crippen LogP contribution in [0.1, 0.15) is 10.4 Å². The molecule has 0 fully saturated rings. The SMILES string of the molecule is Nc1c(Cl)cc(C(=O)Nc2ccc(Br)cc2)cc1Cl. The molecule has 3 nitrogen and oxygen atoms in total. The van der Waals surface area contributed by atoms with Crippen molar-refractivity contribution in [2.45, 2.75) is 0 Å². The number of amides is 1. The van der Waals surface area contributed by atoms with Gasteiger partial charge in [-0.1, -0.05) is 39.1 Å². The monoisotopic (exact) mass is 358 g/mol. The molecule has 0 bridgehead atoms. The Hall–Kier alpha value is -1.23. The maximum atomic E-state index is 12.0. The van der Waals surface area contributed by atoms with E-state index in [4.69, 9.17) is 28.9 Å². The number of nitrogen functional groups attached to an aromatic ring is 1. The van der Waals surface area contributed by atoms with Gasteiger partial charge in [-0.15, -0.1) is 0 Å². The fraction of sp³-hybridized carbons (Fsp3) is 0. The first-order chi connectivity index (χ1) is 8.97. The van der Waals surface area contributed by atoms with Crippen LogP contribution < -0.4 is 11.1 Å². The van der Waals surface area contributed by atoms with Crippen molar-refractivity contribution in [3.8, 4) is 0 Å². The molecule has 3 N–H and O–H groups in total. The minimum Gasteiger partial charge on any atom is -0.396 e. The molecule has 0 unspecified atom stereocenters. The Morgan fingerprint density at radius 3 is 2.16 bits per heavy atom. The molecule has 0 atom stereocenters. The number of anilines is 2. The highest BCUT2D eigenvalue weighted by Gasteiger charge is 2.11. The van der Waals surface area contributed by atoms with Crippen molar-refractivity contribution < 1.29 is 4.79 Å². The van der Waals surface area contributed by atoms with Gasteiger partial charge in [-0.2, -0.15) is 0 Å². The molecule has 0 aromatic heterocycles. The summed E-state index contributed by atoms with van der Waals surface area (Å²) >= 11 is 15.1. The van der Waals surface area contributed by atoms with Gasteiger partial charge in [-0.25, -0.2) is 0 Å². The van der Waals surface area contributed by atoms with Crippen molar-refractivity contribution >= 4 is 56.4 Å². The predicted octanol–water partition coefficient (Wildman–Crippen LogP) is 4.59. The van der Waals surface area contributed by atoms with Crippen molar-refractivity contribution in [2.24, 2.45) is 0 Å². The first-order valence-electron chi connectivity index (χ1n) is 5.29. The number of nitrogens with two attached hydrogens (primary N) is 1. The van der Waals surface area contributed by atoms with Crippen LogP contribution in [-0.4, -0.2) is 5.91 Å². The van der Waals surface area contributed by atoms with Crippen molar-refractivity contribution in [2.75, 3.05) is 11.1 Å². The number of halogens is 3. The van der Waals surface area contributed by atoms with Gasteiger partial charge in [0.2, 0.25) is 0 Å². The summed E-state index contributed by atoms with van der Waals surface area (Å²) in [5.41, 5.74) is 6.92. The molecule has 0 aliphatic rings. The number of carbonyl (C=O) groups is 1. The van der Waals surface area contributed by atoms with Gasteiger partial charge < -0.3 is 11.1 Å². The Balaban J connectivity index is 2.23. The molecule has 0 saturated heterocycles. The molecular weight excluding hydrogens is 351 g/mol. The van der Waals surface area contributed by atoms with E-state index in [0.717, 1.165) is 4.47 Å². The van der Waals surface area contributed by atoms with Crippen LogP contribution in [0.5, 0.6) is 0 Å². The lowest BCUT2D eigenvalue weighted by atomic mass is 10.2. The molecule has 1 amide bonds. The van der Waals surface area contributed by atoms with Gasteiger partial charge in [0.05, 0.1) is 15.7 Å². The third-order valence-electron chi connectivity index (χ3n) is 2.44. The molecule has 2 rings (SSSR count). The summed E-state index contributed by atoms with van der Waals surface area (Å²) in [6.07, 6.45) is 0. The quantitative estimate of drug-likeness (QED) is 0.770. The highest BCUT2D eigenvalue weighted by atomic mass is 79.9. The zero-order valence-electron chi connectivity index (χ0n) is 9.58. The van der Waals surface area contributed by atoms with E-state index in [-0.39, 0.29) is 21.6 Å². The van der Waals surface area contributed by atoms with Crippen LogP contribution in [0.2, 0.25) is 10.0 Å². The number of carbonyl (C=O) groups excluding carboxylic acids is 1. The Morgan fingerprint density at radius 2 is 1.63 bits per heavy atom. The topological polar surface area (TPSA) is 55.1 Å². The Labute approximate surface area is 128 Å². The molecule has 2 aromatic carbocycles. The molecule has 0 saturated carbocycles. The molecule has 2 aromatic rings. The first-order valence-corrected chi connectivity index (χ1v) is 6.83. The molecular formula is C13H9BrCl2N2O. The van der Waals surface area contributed by atoms with E-state index < -0.39 is 0 Å². The van der Waals surface area contributed by atoms with Crippen LogP contribution >= 0.6 is 39.1 Å². The normalized spacial score (nSPS) is 10.3. The lowest BCUT2D eigenvalue weighted by molar-refractivity contribution is 0.102. The fourth-order valence-electron chi connectivity index (χ4n) is 1.45. The summed E-state index contributed by atoms with van der Waals surface area (Å²) in [6, 6.07) is 10.2. The number of rotatable bonds is 2. The number of benzene rings is 2. The standard InChI is InChI=1S/C13H9BrCl2N2O/c14-8-1-3-9(4-2-8)18-13(19)7-5-10(15)12(17)11(16)6-7/h1-6H,17H2,(H,18,19).